The van der Waals surface area contributed by atoms with E-state index in [4.69, 9.17) is 20.2 Å². The van der Waals surface area contributed by atoms with E-state index in [1.54, 1.807) is 38.1 Å². The lowest BCUT2D eigenvalue weighted by Crippen LogP contribution is -2.49. The number of carbonyl (C=O) groups excluding carboxylic acids is 3. The van der Waals surface area contributed by atoms with Crippen molar-refractivity contribution >= 4 is 33.6 Å². The number of nitrogens with two attached hydrogens (primary N) is 1. The van der Waals surface area contributed by atoms with Gasteiger partial charge in [0.05, 0.1) is 18.6 Å². The van der Waals surface area contributed by atoms with Gasteiger partial charge in [0.1, 0.15) is 17.6 Å². The first-order valence-corrected chi connectivity index (χ1v) is 17.9. The maximum Gasteiger partial charge on any atom is 0.325 e. The fourth-order valence-electron chi connectivity index (χ4n) is 5.60. The Morgan fingerprint density at radius 3 is 2.45 bits per heavy atom. The number of hydrogen-bond donors (Lipinski definition) is 5. The van der Waals surface area contributed by atoms with Crippen LogP contribution in [0, 0.1) is 13.8 Å². The van der Waals surface area contributed by atoms with E-state index in [-0.39, 0.29) is 30.4 Å². The van der Waals surface area contributed by atoms with Crippen LogP contribution in [0.15, 0.2) is 53.4 Å². The van der Waals surface area contributed by atoms with Crippen molar-refractivity contribution in [3.05, 3.63) is 82.0 Å². The molecule has 2 aromatic carbocycles. The second-order valence-electron chi connectivity index (χ2n) is 11.9. The van der Waals surface area contributed by atoms with Crippen LogP contribution < -0.4 is 31.1 Å². The largest absolute Gasteiger partial charge is 0.494 e. The Hall–Kier alpha value is -4.53. The monoisotopic (exact) mass is 694 g/mol. The number of aryl methyl sites for hydroxylation is 5. The number of carbonyl (C=O) groups is 3. The molecule has 1 unspecified atom stereocenters. The number of fused-ring (bicyclic) bond motifs is 1. The summed E-state index contributed by atoms with van der Waals surface area (Å²) in [5.74, 6) is -0.0205. The molecule has 3 aromatic rings. The highest BCUT2D eigenvalue weighted by atomic mass is 32.2. The van der Waals surface area contributed by atoms with Gasteiger partial charge in [-0.15, -0.1) is 0 Å². The van der Waals surface area contributed by atoms with E-state index in [1.165, 1.54) is 5.56 Å². The van der Waals surface area contributed by atoms with Crippen LogP contribution in [-0.2, 0) is 43.6 Å². The summed E-state index contributed by atoms with van der Waals surface area (Å²) in [5.41, 5.74) is 9.83. The summed E-state index contributed by atoms with van der Waals surface area (Å²) in [4.78, 5) is 42.0. The Balaban J connectivity index is 1.32. The second-order valence-corrected chi connectivity index (χ2v) is 13.6. The molecule has 0 fully saturated rings. The zero-order valence-corrected chi connectivity index (χ0v) is 29.1. The van der Waals surface area contributed by atoms with Crippen molar-refractivity contribution in [3.63, 3.8) is 0 Å². The maximum absolute atomic E-state index is 13.5. The number of amides is 2. The van der Waals surface area contributed by atoms with Crippen LogP contribution in [0.2, 0.25) is 0 Å². The quantitative estimate of drug-likeness (QED) is 0.104. The number of pyridine rings is 1. The fourth-order valence-corrected chi connectivity index (χ4v) is 7.24. The molecule has 49 heavy (non-hydrogen) atoms. The topological polar surface area (TPSA) is 191 Å². The van der Waals surface area contributed by atoms with E-state index < -0.39 is 27.9 Å². The van der Waals surface area contributed by atoms with Crippen molar-refractivity contribution in [1.29, 1.82) is 0 Å². The lowest BCUT2D eigenvalue weighted by atomic mass is 10.0. The van der Waals surface area contributed by atoms with Gasteiger partial charge in [-0.3, -0.25) is 14.4 Å². The Bertz CT molecular complexity index is 1710. The molecule has 1 atom stereocenters. The number of nitrogens with one attached hydrogen (secondary N) is 4. The molecule has 0 bridgehead atoms. The van der Waals surface area contributed by atoms with Crippen molar-refractivity contribution in [3.8, 4) is 5.75 Å². The average Bonchev–Trinajstić information content (AvgIpc) is 3.09. The second kappa shape index (κ2) is 17.7. The zero-order chi connectivity index (χ0) is 35.4. The molecule has 0 saturated heterocycles. The Morgan fingerprint density at radius 2 is 1.76 bits per heavy atom. The van der Waals surface area contributed by atoms with E-state index in [2.05, 4.69) is 32.8 Å². The van der Waals surface area contributed by atoms with Crippen LogP contribution in [0.3, 0.4) is 0 Å². The number of aromatic nitrogens is 1. The van der Waals surface area contributed by atoms with Gasteiger partial charge in [0.25, 0.3) is 5.91 Å². The number of rotatable bonds is 17. The minimum absolute atomic E-state index is 0.0151. The normalized spacial score (nSPS) is 13.1. The summed E-state index contributed by atoms with van der Waals surface area (Å²) in [6.45, 7) is 4.88. The highest BCUT2D eigenvalue weighted by Gasteiger charge is 2.29. The predicted molar refractivity (Wildman–Crippen MR) is 186 cm³/mol. The minimum atomic E-state index is -4.22. The highest BCUT2D eigenvalue weighted by Crippen LogP contribution is 2.26. The summed E-state index contributed by atoms with van der Waals surface area (Å²) >= 11 is 0. The van der Waals surface area contributed by atoms with Gasteiger partial charge in [-0.25, -0.2) is 13.4 Å². The third-order valence-corrected chi connectivity index (χ3v) is 9.85. The molecule has 0 saturated carbocycles. The number of nitrogens with zero attached hydrogens (tertiary/aromatic N) is 1. The molecular weight excluding hydrogens is 648 g/mol. The Morgan fingerprint density at radius 1 is 1.02 bits per heavy atom. The first-order chi connectivity index (χ1) is 23.5. The van der Waals surface area contributed by atoms with Crippen molar-refractivity contribution < 1.29 is 32.3 Å². The van der Waals surface area contributed by atoms with Crippen molar-refractivity contribution in [2.45, 2.75) is 63.3 Å². The predicted octanol–water partition coefficient (Wildman–Crippen LogP) is 2.33. The third-order valence-electron chi connectivity index (χ3n) is 8.07. The number of hydrogen-bond acceptors (Lipinski definition) is 10. The summed E-state index contributed by atoms with van der Waals surface area (Å²) in [6, 6.07) is 13.1. The summed E-state index contributed by atoms with van der Waals surface area (Å²) in [5, 5.41) is 8.69. The molecule has 1 aromatic heterocycles. The van der Waals surface area contributed by atoms with E-state index >= 15 is 0 Å². The first-order valence-electron chi connectivity index (χ1n) is 16.4. The first kappa shape index (κ1) is 37.3. The van der Waals surface area contributed by atoms with Gasteiger partial charge in [-0.2, -0.15) is 4.72 Å². The molecule has 1 aliphatic heterocycles. The van der Waals surface area contributed by atoms with E-state index in [0.29, 0.717) is 42.0 Å². The smallest absolute Gasteiger partial charge is 0.325 e. The molecule has 264 valence electrons. The van der Waals surface area contributed by atoms with Crippen molar-refractivity contribution in [2.24, 2.45) is 5.73 Å². The van der Waals surface area contributed by atoms with Crippen molar-refractivity contribution in [1.82, 2.24) is 20.3 Å². The molecule has 0 radical (unpaired) electrons. The average molecular weight is 695 g/mol. The standard InChI is InChI=1S/C35H46N6O7S/c1-23-20-29(48-19-5-7-31(42)37-18-16-36)21-24(2)32(23)49(45,46)41-30(35(44)47-3)22-39-34(43)27-11-8-25(9-12-27)10-14-28-15-13-26-6-4-17-38-33(26)40-28/h8-9,11-13,15,20-21,30,41H,4-7,10,14,16-19,22,36H2,1-3H3,(H,37,42)(H,38,40)(H,39,43). The van der Waals surface area contributed by atoms with Gasteiger partial charge in [0.15, 0.2) is 0 Å². The van der Waals surface area contributed by atoms with Crippen LogP contribution in [0.4, 0.5) is 5.82 Å². The third kappa shape index (κ3) is 10.7. The molecule has 2 amide bonds. The number of anilines is 1. The van der Waals surface area contributed by atoms with Gasteiger partial charge in [0.2, 0.25) is 15.9 Å². The number of benzene rings is 2. The van der Waals surface area contributed by atoms with Crippen LogP contribution >= 0.6 is 0 Å². The molecule has 1 aliphatic rings. The van der Waals surface area contributed by atoms with Gasteiger partial charge in [0, 0.05) is 43.9 Å². The molecule has 14 heteroatoms. The number of methoxy groups -OCH3 is 1. The molecular formula is C35H46N6O7S. The maximum atomic E-state index is 13.5. The van der Waals surface area contributed by atoms with Gasteiger partial charge < -0.3 is 31.2 Å². The lowest BCUT2D eigenvalue weighted by molar-refractivity contribution is -0.142. The van der Waals surface area contributed by atoms with Crippen LogP contribution in [0.5, 0.6) is 5.75 Å². The summed E-state index contributed by atoms with van der Waals surface area (Å²) in [7, 11) is -3.08. The summed E-state index contributed by atoms with van der Waals surface area (Å²) < 4.78 is 40.0. The van der Waals surface area contributed by atoms with Crippen LogP contribution in [0.25, 0.3) is 0 Å². The molecule has 4 rings (SSSR count). The Labute approximate surface area is 287 Å². The van der Waals surface area contributed by atoms with Gasteiger partial charge >= 0.3 is 5.97 Å². The molecule has 6 N–H and O–H groups in total. The molecule has 13 nitrogen and oxygen atoms in total. The van der Waals surface area contributed by atoms with Crippen molar-refractivity contribution in [2.75, 3.05) is 45.2 Å². The van der Waals surface area contributed by atoms with Gasteiger partial charge in [-0.05, 0) is 98.5 Å². The van der Waals surface area contributed by atoms with E-state index in [9.17, 15) is 22.8 Å². The number of sulfonamides is 1. The molecule has 2 heterocycles. The lowest BCUT2D eigenvalue weighted by Gasteiger charge is -2.20. The minimum Gasteiger partial charge on any atom is -0.494 e. The SMILES string of the molecule is COC(=O)C(CNC(=O)c1ccc(CCc2ccc3c(n2)NCCC3)cc1)NS(=O)(=O)c1c(C)cc(OCCCC(=O)NCCN)cc1C. The van der Waals surface area contributed by atoms with Crippen LogP contribution in [0.1, 0.15) is 57.6 Å². The van der Waals surface area contributed by atoms with E-state index in [1.807, 2.05) is 12.1 Å². The summed E-state index contributed by atoms with van der Waals surface area (Å²) in [6.07, 6.45) is 4.40. The molecule has 0 aliphatic carbocycles. The molecule has 0 spiro atoms. The number of ether oxygens (including phenoxy) is 2. The highest BCUT2D eigenvalue weighted by molar-refractivity contribution is 7.89. The Kier molecular flexibility index (Phi) is 13.5. The van der Waals surface area contributed by atoms with E-state index in [0.717, 1.165) is 56.4 Å². The fraction of sp³-hybridized carbons (Fsp3) is 0.429. The number of esters is 1. The zero-order valence-electron chi connectivity index (χ0n) is 28.3. The van der Waals surface area contributed by atoms with Gasteiger partial charge in [-0.1, -0.05) is 18.2 Å². The van der Waals surface area contributed by atoms with Crippen LogP contribution in [-0.4, -0.2) is 77.1 Å².